The van der Waals surface area contributed by atoms with Crippen molar-refractivity contribution < 1.29 is 4.39 Å². The first-order valence-corrected chi connectivity index (χ1v) is 5.48. The van der Waals surface area contributed by atoms with Crippen LogP contribution in [0, 0.1) is 5.82 Å². The van der Waals surface area contributed by atoms with Crippen molar-refractivity contribution >= 4 is 10.9 Å². The van der Waals surface area contributed by atoms with Crippen molar-refractivity contribution in [2.45, 2.75) is 0 Å². The van der Waals surface area contributed by atoms with Gasteiger partial charge in [-0.1, -0.05) is 18.2 Å². The Morgan fingerprint density at radius 2 is 1.89 bits per heavy atom. The summed E-state index contributed by atoms with van der Waals surface area (Å²) in [7, 11) is 0. The van der Waals surface area contributed by atoms with E-state index in [0.29, 0.717) is 16.6 Å². The van der Waals surface area contributed by atoms with Crippen LogP contribution in [0.4, 0.5) is 4.39 Å². The largest absolute Gasteiger partial charge is 0.300 e. The van der Waals surface area contributed by atoms with Gasteiger partial charge in [0.2, 0.25) is 0 Å². The zero-order valence-electron chi connectivity index (χ0n) is 9.38. The summed E-state index contributed by atoms with van der Waals surface area (Å²) in [6.45, 7) is 0. The van der Waals surface area contributed by atoms with Crippen LogP contribution < -0.4 is 5.56 Å². The molecule has 0 aliphatic carbocycles. The minimum atomic E-state index is -0.324. The number of nitrogens with zero attached hydrogens (tertiary/aromatic N) is 2. The smallest absolute Gasteiger partial charge is 0.280 e. The summed E-state index contributed by atoms with van der Waals surface area (Å²) in [5, 5.41) is 0.518. The first-order valence-electron chi connectivity index (χ1n) is 5.48. The molecule has 0 atom stereocenters. The third-order valence-corrected chi connectivity index (χ3v) is 2.77. The van der Waals surface area contributed by atoms with Gasteiger partial charge >= 0.3 is 0 Å². The fourth-order valence-corrected chi connectivity index (χ4v) is 1.94. The van der Waals surface area contributed by atoms with Crippen molar-refractivity contribution in [1.82, 2.24) is 9.55 Å². The topological polar surface area (TPSA) is 34.9 Å². The molecule has 3 rings (SSSR count). The highest BCUT2D eigenvalue weighted by molar-refractivity contribution is 5.79. The molecule has 0 saturated carbocycles. The summed E-state index contributed by atoms with van der Waals surface area (Å²) < 4.78 is 14.9. The lowest BCUT2D eigenvalue weighted by atomic mass is 10.2. The Hall–Kier alpha value is -2.49. The van der Waals surface area contributed by atoms with E-state index >= 15 is 0 Å². The van der Waals surface area contributed by atoms with Crippen LogP contribution in [0.25, 0.3) is 16.6 Å². The van der Waals surface area contributed by atoms with Crippen molar-refractivity contribution in [3.63, 3.8) is 0 Å². The Morgan fingerprint density at radius 3 is 2.72 bits per heavy atom. The van der Waals surface area contributed by atoms with E-state index in [1.807, 2.05) is 12.1 Å². The predicted molar refractivity (Wildman–Crippen MR) is 67.3 cm³/mol. The van der Waals surface area contributed by atoms with E-state index in [0.717, 1.165) is 0 Å². The highest BCUT2D eigenvalue weighted by atomic mass is 19.1. The summed E-state index contributed by atoms with van der Waals surface area (Å²) in [6, 6.07) is 13.3. The van der Waals surface area contributed by atoms with Crippen molar-refractivity contribution in [1.29, 1.82) is 0 Å². The highest BCUT2D eigenvalue weighted by Gasteiger charge is 2.05. The van der Waals surface area contributed by atoms with Gasteiger partial charge < -0.3 is 4.57 Å². The maximum atomic E-state index is 13.2. The van der Waals surface area contributed by atoms with Crippen molar-refractivity contribution in [2.75, 3.05) is 0 Å². The summed E-state index contributed by atoms with van der Waals surface area (Å²) in [4.78, 5) is 15.4. The Labute approximate surface area is 102 Å². The number of hydrogen-bond acceptors (Lipinski definition) is 2. The molecule has 0 bridgehead atoms. The van der Waals surface area contributed by atoms with E-state index in [1.165, 1.54) is 18.5 Å². The van der Waals surface area contributed by atoms with Crippen molar-refractivity contribution in [3.8, 4) is 5.69 Å². The summed E-state index contributed by atoms with van der Waals surface area (Å²) >= 11 is 0. The van der Waals surface area contributed by atoms with Gasteiger partial charge in [0.15, 0.2) is 0 Å². The minimum Gasteiger partial charge on any atom is -0.300 e. The van der Waals surface area contributed by atoms with Gasteiger partial charge in [-0.15, -0.1) is 0 Å². The van der Waals surface area contributed by atoms with Gasteiger partial charge in [0, 0.05) is 5.69 Å². The number of aromatic nitrogens is 2. The molecule has 0 spiro atoms. The molecular formula is C14H9FN2O. The Bertz CT molecular complexity index is 780. The molecule has 0 aliphatic rings. The zero-order valence-corrected chi connectivity index (χ0v) is 9.38. The third-order valence-electron chi connectivity index (χ3n) is 2.77. The van der Waals surface area contributed by atoms with Gasteiger partial charge in [-0.05, 0) is 30.3 Å². The fourth-order valence-electron chi connectivity index (χ4n) is 1.94. The number of para-hydroxylation sites is 1. The molecule has 3 nitrogen and oxygen atoms in total. The molecule has 88 valence electrons. The van der Waals surface area contributed by atoms with Crippen LogP contribution in [0.2, 0.25) is 0 Å². The van der Waals surface area contributed by atoms with Gasteiger partial charge in [0.25, 0.3) is 5.56 Å². The van der Waals surface area contributed by atoms with Crippen LogP contribution in [0.1, 0.15) is 0 Å². The summed E-state index contributed by atoms with van der Waals surface area (Å²) in [5.74, 6) is -0.324. The molecule has 3 aromatic rings. The zero-order chi connectivity index (χ0) is 12.5. The molecule has 0 fully saturated rings. The molecule has 0 N–H and O–H groups in total. The van der Waals surface area contributed by atoms with E-state index in [4.69, 9.17) is 0 Å². The first kappa shape index (κ1) is 10.7. The Morgan fingerprint density at radius 1 is 1.06 bits per heavy atom. The average molecular weight is 240 g/mol. The second-order valence-corrected chi connectivity index (χ2v) is 3.92. The van der Waals surface area contributed by atoms with Gasteiger partial charge in [-0.25, -0.2) is 4.39 Å². The van der Waals surface area contributed by atoms with Crippen LogP contribution in [0.15, 0.2) is 59.7 Å². The van der Waals surface area contributed by atoms with E-state index in [9.17, 15) is 9.18 Å². The van der Waals surface area contributed by atoms with E-state index < -0.39 is 0 Å². The lowest BCUT2D eigenvalue weighted by molar-refractivity contribution is 0.626. The van der Waals surface area contributed by atoms with Crippen LogP contribution in [-0.2, 0) is 0 Å². The molecule has 4 heteroatoms. The highest BCUT2D eigenvalue weighted by Crippen LogP contribution is 2.15. The van der Waals surface area contributed by atoms with Crippen molar-refractivity contribution in [3.05, 3.63) is 71.0 Å². The molecule has 18 heavy (non-hydrogen) atoms. The lowest BCUT2D eigenvalue weighted by Crippen LogP contribution is -2.11. The Kier molecular flexibility index (Phi) is 2.41. The maximum absolute atomic E-state index is 13.2. The van der Waals surface area contributed by atoms with Gasteiger partial charge in [-0.3, -0.25) is 4.79 Å². The summed E-state index contributed by atoms with van der Waals surface area (Å²) in [6.07, 6.45) is 1.42. The monoisotopic (exact) mass is 240 g/mol. The third kappa shape index (κ3) is 1.68. The SMILES string of the molecule is O=c1ncn(-c2cccc(F)c2)c2ccccc12. The number of fused-ring (bicyclic) bond motifs is 1. The maximum Gasteiger partial charge on any atom is 0.280 e. The summed E-state index contributed by atoms with van der Waals surface area (Å²) in [5.41, 5.74) is 1.07. The standard InChI is InChI=1S/C14H9FN2O/c15-10-4-3-5-11(8-10)17-9-16-14(18)12-6-1-2-7-13(12)17/h1-9H. The molecule has 0 unspecified atom stereocenters. The molecule has 0 radical (unpaired) electrons. The Balaban J connectivity index is 2.37. The normalized spacial score (nSPS) is 10.7. The first-order chi connectivity index (χ1) is 8.75. The molecule has 0 amide bonds. The number of halogens is 1. The molecule has 0 saturated heterocycles. The number of rotatable bonds is 1. The molecule has 0 aliphatic heterocycles. The quantitative estimate of drug-likeness (QED) is 0.655. The van der Waals surface area contributed by atoms with Crippen LogP contribution in [0.3, 0.4) is 0 Å². The van der Waals surface area contributed by atoms with Gasteiger partial charge in [0.1, 0.15) is 12.1 Å². The van der Waals surface area contributed by atoms with Gasteiger partial charge in [-0.2, -0.15) is 4.98 Å². The predicted octanol–water partition coefficient (Wildman–Crippen LogP) is 2.52. The fraction of sp³-hybridized carbons (Fsp3) is 0. The van der Waals surface area contributed by atoms with E-state index in [1.54, 1.807) is 28.8 Å². The number of hydrogen-bond donors (Lipinski definition) is 0. The molecule has 2 aromatic carbocycles. The van der Waals surface area contributed by atoms with E-state index in [-0.39, 0.29) is 11.4 Å². The van der Waals surface area contributed by atoms with Gasteiger partial charge in [0.05, 0.1) is 10.9 Å². The molecule has 1 aromatic heterocycles. The molecule has 1 heterocycles. The number of benzene rings is 2. The van der Waals surface area contributed by atoms with Crippen LogP contribution in [0.5, 0.6) is 0 Å². The second kappa shape index (κ2) is 4.07. The lowest BCUT2D eigenvalue weighted by Gasteiger charge is -2.09. The van der Waals surface area contributed by atoms with Crippen molar-refractivity contribution in [2.24, 2.45) is 0 Å². The van der Waals surface area contributed by atoms with Crippen LogP contribution in [-0.4, -0.2) is 9.55 Å². The van der Waals surface area contributed by atoms with Crippen LogP contribution >= 0.6 is 0 Å². The molecular weight excluding hydrogens is 231 g/mol. The second-order valence-electron chi connectivity index (χ2n) is 3.92. The average Bonchev–Trinajstić information content (AvgIpc) is 2.39. The van der Waals surface area contributed by atoms with E-state index in [2.05, 4.69) is 4.98 Å². The minimum absolute atomic E-state index is 0.279.